The smallest absolute Gasteiger partial charge is 0.233 e. The normalized spacial score (nSPS) is 13.8. The maximum absolute atomic E-state index is 4.94. The number of benzene rings is 2. The largest absolute Gasteiger partial charge is 0.377 e. The van der Waals surface area contributed by atoms with Crippen molar-refractivity contribution in [3.05, 3.63) is 59.9 Å². The fraction of sp³-hybridized carbons (Fsp3) is 0.417. The molecular weight excluding hydrogens is 600 g/mol. The molecule has 0 aliphatic carbocycles. The summed E-state index contributed by atoms with van der Waals surface area (Å²) >= 11 is 0. The Hall–Kier alpha value is -4.81. The maximum atomic E-state index is 4.94. The van der Waals surface area contributed by atoms with Crippen molar-refractivity contribution in [3.8, 4) is 0 Å². The number of aromatic nitrogens is 5. The van der Waals surface area contributed by atoms with Crippen molar-refractivity contribution in [3.63, 3.8) is 0 Å². The van der Waals surface area contributed by atoms with E-state index in [-0.39, 0.29) is 0 Å². The number of piperazine rings is 1. The Balaban J connectivity index is 1.32. The highest BCUT2D eigenvalue weighted by atomic mass is 15.4. The van der Waals surface area contributed by atoms with Gasteiger partial charge < -0.3 is 30.2 Å². The van der Waals surface area contributed by atoms with Crippen molar-refractivity contribution in [2.75, 3.05) is 107 Å². The van der Waals surface area contributed by atoms with Crippen LogP contribution in [0.4, 0.5) is 40.6 Å². The Morgan fingerprint density at radius 1 is 0.625 bits per heavy atom. The van der Waals surface area contributed by atoms with Crippen LogP contribution >= 0.6 is 0 Å². The predicted molar refractivity (Wildman–Crippen MR) is 200 cm³/mol. The molecule has 12 nitrogen and oxygen atoms in total. The van der Waals surface area contributed by atoms with Crippen molar-refractivity contribution in [2.45, 2.75) is 20.3 Å². The second kappa shape index (κ2) is 14.1. The number of hydrogen-bond donors (Lipinski definition) is 2. The van der Waals surface area contributed by atoms with Crippen LogP contribution in [0.5, 0.6) is 0 Å². The van der Waals surface area contributed by atoms with Crippen molar-refractivity contribution >= 4 is 62.4 Å². The van der Waals surface area contributed by atoms with Crippen LogP contribution in [0.25, 0.3) is 21.8 Å². The zero-order chi connectivity index (χ0) is 33.9. The highest BCUT2D eigenvalue weighted by molar-refractivity contribution is 5.95. The molecule has 0 unspecified atom stereocenters. The van der Waals surface area contributed by atoms with E-state index in [1.165, 1.54) is 0 Å². The number of nitrogens with zero attached hydrogens (tertiary/aromatic N) is 10. The zero-order valence-corrected chi connectivity index (χ0v) is 29.5. The molecule has 1 saturated heterocycles. The molecule has 2 N–H and O–H groups in total. The van der Waals surface area contributed by atoms with Crippen LogP contribution in [0.1, 0.15) is 17.8 Å². The monoisotopic (exact) mass is 648 g/mol. The van der Waals surface area contributed by atoms with Gasteiger partial charge in [0.05, 0.1) is 11.0 Å². The molecule has 0 atom stereocenters. The molecule has 0 saturated carbocycles. The lowest BCUT2D eigenvalue weighted by Gasteiger charge is -2.35. The minimum atomic E-state index is 0.480. The second-order valence-corrected chi connectivity index (χ2v) is 13.3. The molecule has 0 spiro atoms. The van der Waals surface area contributed by atoms with Crippen molar-refractivity contribution in [1.82, 2.24) is 34.7 Å². The quantitative estimate of drug-likeness (QED) is 0.195. The van der Waals surface area contributed by atoms with Gasteiger partial charge in [-0.15, -0.1) is 0 Å². The summed E-state index contributed by atoms with van der Waals surface area (Å²) < 4.78 is 0. The van der Waals surface area contributed by atoms with Gasteiger partial charge in [0.15, 0.2) is 0 Å². The van der Waals surface area contributed by atoms with Gasteiger partial charge in [-0.05, 0) is 96.0 Å². The number of aryl methyl sites for hydroxylation is 2. The fourth-order valence-corrected chi connectivity index (χ4v) is 6.23. The topological polar surface area (TPSA) is 105 Å². The number of fused-ring (bicyclic) bond motifs is 2. The van der Waals surface area contributed by atoms with Gasteiger partial charge in [0.2, 0.25) is 17.8 Å². The molecule has 12 heteroatoms. The van der Waals surface area contributed by atoms with Gasteiger partial charge in [0.1, 0.15) is 0 Å². The van der Waals surface area contributed by atoms with Crippen LogP contribution in [0.3, 0.4) is 0 Å². The molecule has 6 rings (SSSR count). The molecule has 48 heavy (non-hydrogen) atoms. The van der Waals surface area contributed by atoms with Crippen molar-refractivity contribution in [1.29, 1.82) is 0 Å². The Morgan fingerprint density at radius 3 is 1.58 bits per heavy atom. The van der Waals surface area contributed by atoms with E-state index >= 15 is 0 Å². The van der Waals surface area contributed by atoms with Gasteiger partial charge in [0, 0.05) is 99.3 Å². The molecule has 5 aromatic rings. The Kier molecular flexibility index (Phi) is 9.74. The number of rotatable bonds is 11. The van der Waals surface area contributed by atoms with Gasteiger partial charge >= 0.3 is 0 Å². The Morgan fingerprint density at radius 2 is 1.12 bits per heavy atom. The first-order chi connectivity index (χ1) is 23.0. The first-order valence-electron chi connectivity index (χ1n) is 16.6. The third-order valence-electron chi connectivity index (χ3n) is 8.66. The van der Waals surface area contributed by atoms with Gasteiger partial charge in [-0.3, -0.25) is 14.9 Å². The lowest BCUT2D eigenvalue weighted by Crippen LogP contribution is -2.47. The van der Waals surface area contributed by atoms with Crippen LogP contribution in [-0.2, 0) is 0 Å². The molecular formula is C36H48N12. The van der Waals surface area contributed by atoms with E-state index < -0.39 is 0 Å². The summed E-state index contributed by atoms with van der Waals surface area (Å²) in [6, 6.07) is 16.6. The number of nitrogens with one attached hydrogen (secondary N) is 2. The molecule has 2 aromatic carbocycles. The molecule has 1 fully saturated rings. The number of anilines is 7. The summed E-state index contributed by atoms with van der Waals surface area (Å²) in [6.07, 6.45) is 1.16. The summed E-state index contributed by atoms with van der Waals surface area (Å²) in [4.78, 5) is 35.5. The third-order valence-corrected chi connectivity index (χ3v) is 8.66. The van der Waals surface area contributed by atoms with Crippen LogP contribution in [0, 0.1) is 13.8 Å². The molecule has 0 amide bonds. The van der Waals surface area contributed by atoms with E-state index in [2.05, 4.69) is 102 Å². The van der Waals surface area contributed by atoms with Gasteiger partial charge in [-0.2, -0.15) is 15.0 Å². The average molecular weight is 649 g/mol. The van der Waals surface area contributed by atoms with Gasteiger partial charge in [-0.1, -0.05) is 0 Å². The highest BCUT2D eigenvalue weighted by Gasteiger charge is 2.21. The highest BCUT2D eigenvalue weighted by Crippen LogP contribution is 2.31. The summed E-state index contributed by atoms with van der Waals surface area (Å²) in [5.41, 5.74) is 7.86. The first kappa shape index (κ1) is 33.1. The molecule has 252 valence electrons. The molecule has 1 aliphatic rings. The lowest BCUT2D eigenvalue weighted by atomic mass is 10.1. The standard InChI is InChI=1S/C36H48N12/c1-24-20-32(45(5)6)28-22-26(10-12-30(28)37-24)39-34-41-35(40-27-11-13-31-29(23-27)33(46(7)8)21-25(2)38-31)43-36(42-34)48-18-16-47(17-19-48)15-9-14-44(3)4/h10-13,20-23H,9,14-19H2,1-8H3,(H2,39,40,41,42,43). The van der Waals surface area contributed by atoms with Crippen molar-refractivity contribution in [2.24, 2.45) is 0 Å². The van der Waals surface area contributed by atoms with E-state index in [1.807, 2.05) is 38.1 Å². The SMILES string of the molecule is Cc1cc(N(C)C)c2cc(Nc3nc(Nc4ccc5nc(C)cc(N(C)C)c5c4)nc(N4CCN(CCCN(C)C)CC4)n3)ccc2n1. The predicted octanol–water partition coefficient (Wildman–Crippen LogP) is 5.28. The zero-order valence-electron chi connectivity index (χ0n) is 29.5. The summed E-state index contributed by atoms with van der Waals surface area (Å²) in [6.45, 7) is 9.89. The number of hydrogen-bond acceptors (Lipinski definition) is 12. The summed E-state index contributed by atoms with van der Waals surface area (Å²) in [5, 5.41) is 9.09. The lowest BCUT2D eigenvalue weighted by molar-refractivity contribution is 0.241. The Labute approximate surface area is 283 Å². The van der Waals surface area contributed by atoms with E-state index in [1.54, 1.807) is 0 Å². The molecule has 4 heterocycles. The third kappa shape index (κ3) is 7.66. The Bertz CT molecular complexity index is 1780. The van der Waals surface area contributed by atoms with Crippen molar-refractivity contribution < 1.29 is 0 Å². The molecule has 0 radical (unpaired) electrons. The van der Waals surface area contributed by atoms with Crippen LogP contribution < -0.4 is 25.3 Å². The second-order valence-electron chi connectivity index (χ2n) is 13.3. The number of pyridine rings is 2. The van der Waals surface area contributed by atoms with Crippen LogP contribution in [-0.4, -0.2) is 116 Å². The maximum Gasteiger partial charge on any atom is 0.233 e. The molecule has 1 aliphatic heterocycles. The minimum absolute atomic E-state index is 0.480. The van der Waals surface area contributed by atoms with Crippen LogP contribution in [0.15, 0.2) is 48.5 Å². The molecule has 3 aromatic heterocycles. The molecule has 0 bridgehead atoms. The fourth-order valence-electron chi connectivity index (χ4n) is 6.23. The van der Waals surface area contributed by atoms with Gasteiger partial charge in [-0.25, -0.2) is 0 Å². The summed E-state index contributed by atoms with van der Waals surface area (Å²) in [5.74, 6) is 1.62. The van der Waals surface area contributed by atoms with Gasteiger partial charge in [0.25, 0.3) is 0 Å². The van der Waals surface area contributed by atoms with E-state index in [0.29, 0.717) is 17.8 Å². The van der Waals surface area contributed by atoms with E-state index in [4.69, 9.17) is 24.9 Å². The summed E-state index contributed by atoms with van der Waals surface area (Å²) in [7, 11) is 12.5. The minimum Gasteiger partial charge on any atom is -0.377 e. The van der Waals surface area contributed by atoms with E-state index in [9.17, 15) is 0 Å². The first-order valence-corrected chi connectivity index (χ1v) is 16.6. The van der Waals surface area contributed by atoms with Crippen LogP contribution in [0.2, 0.25) is 0 Å². The average Bonchev–Trinajstić information content (AvgIpc) is 3.04. The van der Waals surface area contributed by atoms with E-state index in [0.717, 1.165) is 102 Å².